The fourth-order valence-electron chi connectivity index (χ4n) is 1.32. The lowest BCUT2D eigenvalue weighted by molar-refractivity contribution is -0.140. The van der Waals surface area contributed by atoms with Crippen LogP contribution in [0.4, 0.5) is 0 Å². The van der Waals surface area contributed by atoms with Gasteiger partial charge in [0.15, 0.2) is 0 Å². The van der Waals surface area contributed by atoms with E-state index in [4.69, 9.17) is 10.2 Å². The predicted molar refractivity (Wildman–Crippen MR) is 52.0 cm³/mol. The van der Waals surface area contributed by atoms with E-state index in [0.29, 0.717) is 6.42 Å². The van der Waals surface area contributed by atoms with Crippen LogP contribution in [0.1, 0.15) is 32.1 Å². The van der Waals surface area contributed by atoms with E-state index >= 15 is 0 Å². The summed E-state index contributed by atoms with van der Waals surface area (Å²) in [5.41, 5.74) is 0. The topological polar surface area (TPSA) is 74.6 Å². The summed E-state index contributed by atoms with van der Waals surface area (Å²) in [5, 5.41) is 17.1. The second-order valence-electron chi connectivity index (χ2n) is 3.28. The van der Waals surface area contributed by atoms with Crippen LogP contribution in [-0.2, 0) is 9.59 Å². The van der Waals surface area contributed by atoms with E-state index in [2.05, 4.69) is 6.58 Å². The number of rotatable bonds is 8. The molecule has 0 aromatic carbocycles. The first-order chi connectivity index (χ1) is 6.56. The molecule has 4 nitrogen and oxygen atoms in total. The molecule has 0 atom stereocenters. The molecule has 0 radical (unpaired) electrons. The predicted octanol–water partition coefficient (Wildman–Crippen LogP) is 1.91. The van der Waals surface area contributed by atoms with Crippen molar-refractivity contribution < 1.29 is 19.8 Å². The van der Waals surface area contributed by atoms with E-state index in [1.54, 1.807) is 6.08 Å². The normalized spacial score (nSPS) is 10.1. The molecule has 0 aliphatic carbocycles. The summed E-state index contributed by atoms with van der Waals surface area (Å²) in [4.78, 5) is 20.8. The van der Waals surface area contributed by atoms with Crippen LogP contribution in [0.2, 0.25) is 0 Å². The van der Waals surface area contributed by atoms with Gasteiger partial charge in [-0.2, -0.15) is 0 Å². The van der Waals surface area contributed by atoms with Gasteiger partial charge < -0.3 is 10.2 Å². The van der Waals surface area contributed by atoms with Crippen LogP contribution in [0.25, 0.3) is 0 Å². The average Bonchev–Trinajstić information content (AvgIpc) is 2.02. The van der Waals surface area contributed by atoms with E-state index < -0.39 is 11.9 Å². The zero-order valence-corrected chi connectivity index (χ0v) is 8.11. The van der Waals surface area contributed by atoms with Crippen LogP contribution >= 0.6 is 0 Å². The Kier molecular flexibility index (Phi) is 6.45. The van der Waals surface area contributed by atoms with E-state index in [9.17, 15) is 9.59 Å². The van der Waals surface area contributed by atoms with Gasteiger partial charge in [0, 0.05) is 12.8 Å². The molecule has 0 spiro atoms. The molecule has 4 heteroatoms. The van der Waals surface area contributed by atoms with Crippen molar-refractivity contribution in [1.82, 2.24) is 0 Å². The summed E-state index contributed by atoms with van der Waals surface area (Å²) in [6, 6.07) is 0. The number of hydrogen-bond donors (Lipinski definition) is 2. The number of carboxylic acid groups (broad SMARTS) is 2. The first kappa shape index (κ1) is 12.7. The van der Waals surface area contributed by atoms with E-state index in [0.717, 1.165) is 12.8 Å². The molecule has 0 saturated heterocycles. The molecule has 0 unspecified atom stereocenters. The Labute approximate surface area is 83.2 Å². The quantitative estimate of drug-likeness (QED) is 0.463. The molecule has 2 N–H and O–H groups in total. The van der Waals surface area contributed by atoms with Crippen LogP contribution in [0, 0.1) is 5.92 Å². The Morgan fingerprint density at radius 3 is 2.07 bits per heavy atom. The Bertz CT molecular complexity index is 194. The first-order valence-electron chi connectivity index (χ1n) is 4.60. The van der Waals surface area contributed by atoms with Crippen molar-refractivity contribution in [3.8, 4) is 0 Å². The largest absolute Gasteiger partial charge is 0.481 e. The maximum absolute atomic E-state index is 10.4. The van der Waals surface area contributed by atoms with Crippen molar-refractivity contribution in [1.29, 1.82) is 0 Å². The minimum absolute atomic E-state index is 0.0660. The molecule has 0 amide bonds. The van der Waals surface area contributed by atoms with Gasteiger partial charge in [0.05, 0.1) is 0 Å². The van der Waals surface area contributed by atoms with Gasteiger partial charge in [-0.1, -0.05) is 6.08 Å². The SMILES string of the molecule is C=CCCCC(CC(=O)O)CC(=O)O. The Balaban J connectivity index is 3.89. The van der Waals surface area contributed by atoms with Crippen LogP contribution in [0.15, 0.2) is 12.7 Å². The van der Waals surface area contributed by atoms with Crippen molar-refractivity contribution >= 4 is 11.9 Å². The lowest BCUT2D eigenvalue weighted by Gasteiger charge is -2.10. The van der Waals surface area contributed by atoms with Crippen LogP contribution in [0.3, 0.4) is 0 Å². The van der Waals surface area contributed by atoms with Crippen molar-refractivity contribution in [3.05, 3.63) is 12.7 Å². The summed E-state index contributed by atoms with van der Waals surface area (Å²) in [6.07, 6.45) is 3.85. The van der Waals surface area contributed by atoms with Gasteiger partial charge in [-0.05, 0) is 25.2 Å². The van der Waals surface area contributed by atoms with E-state index in [-0.39, 0.29) is 18.8 Å². The molecule has 0 fully saturated rings. The molecule has 80 valence electrons. The average molecular weight is 200 g/mol. The van der Waals surface area contributed by atoms with Crippen LogP contribution in [0.5, 0.6) is 0 Å². The second-order valence-corrected chi connectivity index (χ2v) is 3.28. The fourth-order valence-corrected chi connectivity index (χ4v) is 1.32. The Morgan fingerprint density at radius 2 is 1.71 bits per heavy atom. The standard InChI is InChI=1S/C10H16O4/c1-2-3-4-5-8(6-9(11)12)7-10(13)14/h2,8H,1,3-7H2,(H,11,12)(H,13,14). The molecule has 0 aromatic rings. The molecule has 0 bridgehead atoms. The third kappa shape index (κ3) is 7.34. The summed E-state index contributed by atoms with van der Waals surface area (Å²) in [5.74, 6) is -2.13. The van der Waals surface area contributed by atoms with Gasteiger partial charge in [0.1, 0.15) is 0 Å². The fraction of sp³-hybridized carbons (Fsp3) is 0.600. The smallest absolute Gasteiger partial charge is 0.303 e. The molecular formula is C10H16O4. The first-order valence-corrected chi connectivity index (χ1v) is 4.60. The van der Waals surface area contributed by atoms with Crippen molar-refractivity contribution in [2.75, 3.05) is 0 Å². The summed E-state index contributed by atoms with van der Waals surface area (Å²) in [6.45, 7) is 3.55. The van der Waals surface area contributed by atoms with Crippen LogP contribution < -0.4 is 0 Å². The number of aliphatic carboxylic acids is 2. The van der Waals surface area contributed by atoms with Crippen LogP contribution in [-0.4, -0.2) is 22.2 Å². The highest BCUT2D eigenvalue weighted by Crippen LogP contribution is 2.17. The summed E-state index contributed by atoms with van der Waals surface area (Å²) < 4.78 is 0. The van der Waals surface area contributed by atoms with Gasteiger partial charge in [-0.25, -0.2) is 0 Å². The van der Waals surface area contributed by atoms with Gasteiger partial charge >= 0.3 is 11.9 Å². The number of unbranched alkanes of at least 4 members (excludes halogenated alkanes) is 1. The van der Waals surface area contributed by atoms with Gasteiger partial charge in [-0.15, -0.1) is 6.58 Å². The second kappa shape index (κ2) is 7.12. The van der Waals surface area contributed by atoms with Gasteiger partial charge in [0.25, 0.3) is 0 Å². The molecular weight excluding hydrogens is 184 g/mol. The van der Waals surface area contributed by atoms with Gasteiger partial charge in [-0.3, -0.25) is 9.59 Å². The number of carboxylic acids is 2. The highest BCUT2D eigenvalue weighted by Gasteiger charge is 2.15. The molecule has 0 aliphatic heterocycles. The minimum atomic E-state index is -0.935. The van der Waals surface area contributed by atoms with Crippen molar-refractivity contribution in [2.45, 2.75) is 32.1 Å². The van der Waals surface area contributed by atoms with Gasteiger partial charge in [0.2, 0.25) is 0 Å². The van der Waals surface area contributed by atoms with E-state index in [1.165, 1.54) is 0 Å². The molecule has 14 heavy (non-hydrogen) atoms. The number of hydrogen-bond acceptors (Lipinski definition) is 2. The zero-order chi connectivity index (χ0) is 11.0. The molecule has 0 saturated carbocycles. The molecule has 0 aromatic heterocycles. The molecule has 0 rings (SSSR count). The minimum Gasteiger partial charge on any atom is -0.481 e. The summed E-state index contributed by atoms with van der Waals surface area (Å²) in [7, 11) is 0. The maximum Gasteiger partial charge on any atom is 0.303 e. The Morgan fingerprint density at radius 1 is 1.21 bits per heavy atom. The zero-order valence-electron chi connectivity index (χ0n) is 8.11. The molecule has 0 heterocycles. The Hall–Kier alpha value is -1.32. The van der Waals surface area contributed by atoms with E-state index in [1.807, 2.05) is 0 Å². The third-order valence-corrected chi connectivity index (χ3v) is 1.95. The maximum atomic E-state index is 10.4. The third-order valence-electron chi connectivity index (χ3n) is 1.95. The van der Waals surface area contributed by atoms with Crippen molar-refractivity contribution in [2.24, 2.45) is 5.92 Å². The monoisotopic (exact) mass is 200 g/mol. The number of carbonyl (C=O) groups is 2. The lowest BCUT2D eigenvalue weighted by Crippen LogP contribution is -2.12. The highest BCUT2D eigenvalue weighted by atomic mass is 16.4. The van der Waals surface area contributed by atoms with Crippen molar-refractivity contribution in [3.63, 3.8) is 0 Å². The number of allylic oxidation sites excluding steroid dienone is 1. The molecule has 0 aliphatic rings. The summed E-state index contributed by atoms with van der Waals surface area (Å²) >= 11 is 0. The highest BCUT2D eigenvalue weighted by molar-refractivity contribution is 5.70. The lowest BCUT2D eigenvalue weighted by atomic mass is 9.95.